The van der Waals surface area contributed by atoms with Crippen molar-refractivity contribution in [3.8, 4) is 0 Å². The van der Waals surface area contributed by atoms with E-state index in [-0.39, 0.29) is 93.9 Å². The van der Waals surface area contributed by atoms with Gasteiger partial charge < -0.3 is 24.7 Å². The Morgan fingerprint density at radius 2 is 1.47 bits per heavy atom. The number of fused-ring (bicyclic) bond motifs is 1. The summed E-state index contributed by atoms with van der Waals surface area (Å²) < 4.78 is 5.77. The lowest BCUT2D eigenvalue weighted by molar-refractivity contribution is -0.172. The Kier molecular flexibility index (Phi) is 10.3. The van der Waals surface area contributed by atoms with Gasteiger partial charge in [-0.25, -0.2) is 0 Å². The summed E-state index contributed by atoms with van der Waals surface area (Å²) in [7, 11) is 3.42. The zero-order valence-electron chi connectivity index (χ0n) is 31.4. The van der Waals surface area contributed by atoms with Gasteiger partial charge in [0, 0.05) is 37.8 Å². The molecule has 0 aromatic rings. The van der Waals surface area contributed by atoms with Crippen LogP contribution in [0.1, 0.15) is 100 Å². The molecule has 10 unspecified atom stereocenters. The van der Waals surface area contributed by atoms with Gasteiger partial charge in [-0.3, -0.25) is 19.2 Å². The molecule has 3 aliphatic carbocycles. The summed E-state index contributed by atoms with van der Waals surface area (Å²) in [6, 6.07) is -0.824. The number of ether oxygens (including phenoxy) is 1. The molecule has 3 saturated heterocycles. The number of hydrogen-bond donors (Lipinski definition) is 2. The van der Waals surface area contributed by atoms with E-state index in [1.807, 2.05) is 48.5 Å². The lowest BCUT2D eigenvalue weighted by atomic mass is 9.50. The van der Waals surface area contributed by atoms with Crippen molar-refractivity contribution in [3.05, 3.63) is 35.6 Å². The highest BCUT2D eigenvalue weighted by Gasteiger charge is 2.68. The number of ketones is 2. The Hall–Kier alpha value is -2.78. The van der Waals surface area contributed by atoms with E-state index in [1.54, 1.807) is 19.0 Å². The highest BCUT2D eigenvalue weighted by Crippen LogP contribution is 2.58. The van der Waals surface area contributed by atoms with Crippen molar-refractivity contribution in [2.75, 3.05) is 14.1 Å². The van der Waals surface area contributed by atoms with E-state index in [0.717, 1.165) is 38.5 Å². The van der Waals surface area contributed by atoms with Crippen LogP contribution < -0.4 is 0 Å². The van der Waals surface area contributed by atoms with Gasteiger partial charge in [0.05, 0.1) is 29.4 Å². The quantitative estimate of drug-likeness (QED) is 0.0905. The summed E-state index contributed by atoms with van der Waals surface area (Å²) >= 11 is 0. The minimum atomic E-state index is -1.04. The summed E-state index contributed by atoms with van der Waals surface area (Å²) in [5.41, 5.74) is -2.41. The largest absolute Gasteiger partial charge is 0.511 e. The van der Waals surface area contributed by atoms with Gasteiger partial charge in [0.1, 0.15) is 16.7 Å². The van der Waals surface area contributed by atoms with E-state index in [4.69, 9.17) is 4.74 Å². The van der Waals surface area contributed by atoms with Gasteiger partial charge in [-0.15, -0.1) is 0 Å². The zero-order chi connectivity index (χ0) is 36.4. The number of likely N-dealkylation sites (tertiary alicyclic amines) is 2. The molecule has 272 valence electrons. The SMILES string of the molecule is CCC(C)[C@@H]1C(=O)/C(=C(/O)C2CCC=CC2C2(C)OC2C)C(=O)N1C.CCC(C)[C@@H]1C(=O)C2(CC3CCC=CC3[C@](C)(O)C2C)C(=O)N1C. The first-order valence-electron chi connectivity index (χ1n) is 18.7. The van der Waals surface area contributed by atoms with Crippen molar-refractivity contribution < 1.29 is 34.1 Å². The lowest BCUT2D eigenvalue weighted by Gasteiger charge is -2.54. The third-order valence-electron chi connectivity index (χ3n) is 14.0. The van der Waals surface area contributed by atoms with Crippen molar-refractivity contribution in [3.63, 3.8) is 0 Å². The monoisotopic (exact) mass is 680 g/mol. The van der Waals surface area contributed by atoms with Crippen LogP contribution in [0.25, 0.3) is 0 Å². The highest BCUT2D eigenvalue weighted by molar-refractivity contribution is 6.26. The van der Waals surface area contributed by atoms with E-state index < -0.39 is 17.1 Å². The number of Topliss-reactive ketones (excluding diaryl/α,β-unsaturated/α-hetero) is 2. The first kappa shape index (κ1) is 37.5. The summed E-state index contributed by atoms with van der Waals surface area (Å²) in [4.78, 5) is 55.5. The molecule has 4 fully saturated rings. The van der Waals surface area contributed by atoms with Crippen molar-refractivity contribution >= 4 is 23.4 Å². The van der Waals surface area contributed by atoms with Gasteiger partial charge in [-0.1, -0.05) is 71.8 Å². The van der Waals surface area contributed by atoms with Crippen LogP contribution >= 0.6 is 0 Å². The van der Waals surface area contributed by atoms with Crippen LogP contribution in [0.3, 0.4) is 0 Å². The number of amides is 2. The second-order valence-electron chi connectivity index (χ2n) is 16.5. The van der Waals surface area contributed by atoms with Crippen LogP contribution in [-0.2, 0) is 23.9 Å². The molecule has 1 saturated carbocycles. The van der Waals surface area contributed by atoms with E-state index in [0.29, 0.717) is 6.42 Å². The fourth-order valence-corrected chi connectivity index (χ4v) is 10.0. The van der Waals surface area contributed by atoms with Crippen LogP contribution in [0.5, 0.6) is 0 Å². The molecule has 2 amide bonds. The van der Waals surface area contributed by atoms with Crippen LogP contribution in [0.4, 0.5) is 0 Å². The van der Waals surface area contributed by atoms with Gasteiger partial charge >= 0.3 is 0 Å². The number of rotatable bonds is 6. The third-order valence-corrected chi connectivity index (χ3v) is 14.0. The number of allylic oxidation sites excluding steroid dienone is 3. The molecule has 0 radical (unpaired) electrons. The second kappa shape index (κ2) is 13.4. The van der Waals surface area contributed by atoms with Gasteiger partial charge in [0.15, 0.2) is 11.6 Å². The number of aliphatic hydroxyl groups excluding tert-OH is 1. The van der Waals surface area contributed by atoms with E-state index in [9.17, 15) is 29.4 Å². The Morgan fingerprint density at radius 3 is 2.04 bits per heavy atom. The zero-order valence-corrected chi connectivity index (χ0v) is 31.4. The molecule has 49 heavy (non-hydrogen) atoms. The van der Waals surface area contributed by atoms with E-state index in [2.05, 4.69) is 31.2 Å². The van der Waals surface area contributed by atoms with Gasteiger partial charge in [-0.2, -0.15) is 0 Å². The molecule has 3 heterocycles. The topological polar surface area (TPSA) is 128 Å². The van der Waals surface area contributed by atoms with Gasteiger partial charge in [0.25, 0.3) is 5.91 Å². The predicted molar refractivity (Wildman–Crippen MR) is 188 cm³/mol. The van der Waals surface area contributed by atoms with Crippen molar-refractivity contribution in [2.24, 2.45) is 46.8 Å². The normalized spacial score (nSPS) is 43.8. The second-order valence-corrected chi connectivity index (χ2v) is 16.5. The molecule has 0 aromatic heterocycles. The number of carbonyl (C=O) groups excluding carboxylic acids is 4. The molecular formula is C40H60N2O7. The minimum absolute atomic E-state index is 0.00463. The molecule has 0 aromatic carbocycles. The molecule has 9 nitrogen and oxygen atoms in total. The molecule has 1 spiro atoms. The summed E-state index contributed by atoms with van der Waals surface area (Å²) in [5.74, 6) is -0.813. The first-order valence-corrected chi connectivity index (χ1v) is 18.7. The number of carbonyl (C=O) groups is 4. The van der Waals surface area contributed by atoms with E-state index in [1.165, 1.54) is 4.90 Å². The van der Waals surface area contributed by atoms with Crippen LogP contribution in [-0.4, -0.2) is 86.9 Å². The maximum absolute atomic E-state index is 13.5. The molecule has 13 atom stereocenters. The summed E-state index contributed by atoms with van der Waals surface area (Å²) in [5, 5.41) is 22.3. The molecule has 6 aliphatic rings. The fraction of sp³-hybridized carbons (Fsp3) is 0.750. The standard InChI is InChI=1S/C20H29NO4.C20H31NO3/c1-6-11(2)16-18(23)15(19(24)21(16)5)17(22)13-9-7-8-10-14(13)20(4)12(3)25-20;1-6-12(2)16-17(22)20(18(23)21(16)5)11-14-9-7-8-10-15(14)19(4,24)13(20)3/h8,10-14,16,22H,6-7,9H2,1-5H3;8,10,12-16,24H,6-7,9,11H2,1-5H3/b17-15-;/t11?,12?,13?,14?,16-,20?;12?,13?,14?,15?,16-,19-,20?/m11/s1. The van der Waals surface area contributed by atoms with Crippen LogP contribution in [0.2, 0.25) is 0 Å². The Labute approximate surface area is 293 Å². The molecule has 9 heteroatoms. The maximum Gasteiger partial charge on any atom is 0.261 e. The summed E-state index contributed by atoms with van der Waals surface area (Å²) in [6.45, 7) is 15.9. The van der Waals surface area contributed by atoms with Crippen molar-refractivity contribution in [2.45, 2.75) is 130 Å². The maximum atomic E-state index is 13.5. The molecule has 3 aliphatic heterocycles. The fourth-order valence-electron chi connectivity index (χ4n) is 10.0. The average Bonchev–Trinajstić information content (AvgIpc) is 3.58. The third kappa shape index (κ3) is 5.75. The lowest BCUT2D eigenvalue weighted by Crippen LogP contribution is -2.61. The van der Waals surface area contributed by atoms with Crippen molar-refractivity contribution in [1.82, 2.24) is 9.80 Å². The number of nitrogens with zero attached hydrogens (tertiary/aromatic N) is 2. The molecular weight excluding hydrogens is 620 g/mol. The number of likely N-dealkylation sites (N-methyl/N-ethyl adjacent to an activating group) is 2. The minimum Gasteiger partial charge on any atom is -0.511 e. The number of hydrogen-bond acceptors (Lipinski definition) is 7. The number of epoxide rings is 1. The smallest absolute Gasteiger partial charge is 0.261 e. The molecule has 2 N–H and O–H groups in total. The van der Waals surface area contributed by atoms with Gasteiger partial charge in [-0.05, 0) is 70.6 Å². The average molecular weight is 681 g/mol. The molecule has 0 bridgehead atoms. The summed E-state index contributed by atoms with van der Waals surface area (Å²) in [6.07, 6.45) is 14.3. The van der Waals surface area contributed by atoms with Crippen molar-refractivity contribution in [1.29, 1.82) is 0 Å². The van der Waals surface area contributed by atoms with E-state index >= 15 is 0 Å². The van der Waals surface area contributed by atoms with Gasteiger partial charge in [0.2, 0.25) is 5.91 Å². The molecule has 6 rings (SSSR count). The Balaban J connectivity index is 0.000000191. The van der Waals surface area contributed by atoms with Crippen LogP contribution in [0.15, 0.2) is 35.6 Å². The first-order chi connectivity index (χ1) is 22.9. The highest BCUT2D eigenvalue weighted by atomic mass is 16.6. The Morgan fingerprint density at radius 1 is 0.918 bits per heavy atom. The van der Waals surface area contributed by atoms with Crippen LogP contribution in [0, 0.1) is 46.8 Å². The number of aliphatic hydroxyl groups is 2. The Bertz CT molecular complexity index is 1450. The predicted octanol–water partition coefficient (Wildman–Crippen LogP) is 5.82.